The van der Waals surface area contributed by atoms with Gasteiger partial charge in [0, 0.05) is 23.5 Å². The summed E-state index contributed by atoms with van der Waals surface area (Å²) in [6.45, 7) is 0.388. The first-order valence-electron chi connectivity index (χ1n) is 7.71. The SMILES string of the molecule is O=C(NCC1CC1)c1cnc(Nc2cccc(Cl)c2)cc1C(F)(F)F. The quantitative estimate of drug-likeness (QED) is 0.807. The molecule has 0 bridgehead atoms. The Kier molecular flexibility index (Phi) is 4.85. The number of hydrogen-bond acceptors (Lipinski definition) is 3. The monoisotopic (exact) mass is 369 g/mol. The Labute approximate surface area is 147 Å². The van der Waals surface area contributed by atoms with Crippen molar-refractivity contribution in [1.29, 1.82) is 0 Å². The van der Waals surface area contributed by atoms with Crippen LogP contribution in [0.4, 0.5) is 24.7 Å². The van der Waals surface area contributed by atoms with Gasteiger partial charge in [0.1, 0.15) is 5.82 Å². The minimum atomic E-state index is -4.67. The average Bonchev–Trinajstić information content (AvgIpc) is 3.36. The van der Waals surface area contributed by atoms with Crippen LogP contribution in [-0.4, -0.2) is 17.4 Å². The van der Waals surface area contributed by atoms with Crippen LogP contribution in [0.1, 0.15) is 28.8 Å². The van der Waals surface area contributed by atoms with Gasteiger partial charge >= 0.3 is 6.18 Å². The van der Waals surface area contributed by atoms with Gasteiger partial charge < -0.3 is 10.6 Å². The fourth-order valence-electron chi connectivity index (χ4n) is 2.31. The normalized spacial score (nSPS) is 14.2. The standard InChI is InChI=1S/C17H15ClF3N3O/c18-11-2-1-3-12(6-11)24-15-7-14(17(19,20)21)13(9-22-15)16(25)23-8-10-4-5-10/h1-3,6-7,9-10H,4-5,8H2,(H,22,24)(H,23,25). The Morgan fingerprint density at radius 2 is 2.04 bits per heavy atom. The minimum Gasteiger partial charge on any atom is -0.352 e. The third kappa shape index (κ3) is 4.63. The van der Waals surface area contributed by atoms with Crippen LogP contribution in [0.25, 0.3) is 0 Å². The molecule has 1 heterocycles. The van der Waals surface area contributed by atoms with Crippen LogP contribution in [0.5, 0.6) is 0 Å². The van der Waals surface area contributed by atoms with Gasteiger partial charge in [-0.3, -0.25) is 4.79 Å². The maximum Gasteiger partial charge on any atom is 0.417 e. The first kappa shape index (κ1) is 17.5. The van der Waals surface area contributed by atoms with E-state index in [1.165, 1.54) is 0 Å². The fraction of sp³-hybridized carbons (Fsp3) is 0.294. The van der Waals surface area contributed by atoms with Crippen LogP contribution < -0.4 is 10.6 Å². The summed E-state index contributed by atoms with van der Waals surface area (Å²) in [6, 6.07) is 7.35. The Morgan fingerprint density at radius 1 is 1.28 bits per heavy atom. The average molecular weight is 370 g/mol. The lowest BCUT2D eigenvalue weighted by atomic mass is 10.1. The van der Waals surface area contributed by atoms with E-state index in [2.05, 4.69) is 15.6 Å². The first-order chi connectivity index (χ1) is 11.8. The van der Waals surface area contributed by atoms with Crippen LogP contribution >= 0.6 is 11.6 Å². The van der Waals surface area contributed by atoms with Crippen LogP contribution in [0.3, 0.4) is 0 Å². The lowest BCUT2D eigenvalue weighted by Crippen LogP contribution is -2.28. The van der Waals surface area contributed by atoms with Gasteiger partial charge in [0.15, 0.2) is 0 Å². The number of carbonyl (C=O) groups is 1. The zero-order valence-electron chi connectivity index (χ0n) is 13.0. The highest BCUT2D eigenvalue weighted by Crippen LogP contribution is 2.34. The summed E-state index contributed by atoms with van der Waals surface area (Å²) in [7, 11) is 0. The molecule has 1 aromatic carbocycles. The molecule has 1 amide bonds. The number of aromatic nitrogens is 1. The van der Waals surface area contributed by atoms with E-state index in [4.69, 9.17) is 11.6 Å². The molecule has 132 valence electrons. The molecular formula is C17H15ClF3N3O. The number of halogens is 4. The number of rotatable bonds is 5. The molecule has 0 unspecified atom stereocenters. The zero-order chi connectivity index (χ0) is 18.0. The van der Waals surface area contributed by atoms with E-state index in [1.54, 1.807) is 24.3 Å². The maximum absolute atomic E-state index is 13.3. The Balaban J connectivity index is 1.85. The summed E-state index contributed by atoms with van der Waals surface area (Å²) in [6.07, 6.45) is -1.74. The lowest BCUT2D eigenvalue weighted by molar-refractivity contribution is -0.137. The Morgan fingerprint density at radius 3 is 2.68 bits per heavy atom. The number of alkyl halides is 3. The second-order valence-electron chi connectivity index (χ2n) is 5.90. The number of benzene rings is 1. The van der Waals surface area contributed by atoms with Gasteiger partial charge in [-0.15, -0.1) is 0 Å². The van der Waals surface area contributed by atoms with Crippen molar-refractivity contribution in [2.75, 3.05) is 11.9 Å². The molecule has 2 N–H and O–H groups in total. The number of nitrogens with one attached hydrogen (secondary N) is 2. The van der Waals surface area contributed by atoms with Gasteiger partial charge in [0.05, 0.1) is 11.1 Å². The minimum absolute atomic E-state index is 0.0201. The zero-order valence-corrected chi connectivity index (χ0v) is 13.8. The molecule has 0 atom stereocenters. The van der Waals surface area contributed by atoms with Crippen molar-refractivity contribution in [3.8, 4) is 0 Å². The number of carbonyl (C=O) groups excluding carboxylic acids is 1. The Bertz CT molecular complexity index is 791. The van der Waals surface area contributed by atoms with Gasteiger partial charge in [-0.2, -0.15) is 13.2 Å². The molecular weight excluding hydrogens is 355 g/mol. The van der Waals surface area contributed by atoms with Crippen molar-refractivity contribution in [1.82, 2.24) is 10.3 Å². The topological polar surface area (TPSA) is 54.0 Å². The highest BCUT2D eigenvalue weighted by molar-refractivity contribution is 6.30. The van der Waals surface area contributed by atoms with Gasteiger partial charge in [-0.05, 0) is 43.0 Å². The summed E-state index contributed by atoms with van der Waals surface area (Å²) < 4.78 is 40.0. The predicted molar refractivity (Wildman–Crippen MR) is 89.0 cm³/mol. The molecule has 25 heavy (non-hydrogen) atoms. The molecule has 1 aliphatic carbocycles. The van der Waals surface area contributed by atoms with Crippen molar-refractivity contribution >= 4 is 29.0 Å². The van der Waals surface area contributed by atoms with Crippen molar-refractivity contribution in [2.45, 2.75) is 19.0 Å². The molecule has 0 aliphatic heterocycles. The van der Waals surface area contributed by atoms with Crippen LogP contribution in [-0.2, 0) is 6.18 Å². The van der Waals surface area contributed by atoms with E-state index in [-0.39, 0.29) is 5.82 Å². The summed E-state index contributed by atoms with van der Waals surface area (Å²) in [4.78, 5) is 16.0. The summed E-state index contributed by atoms with van der Waals surface area (Å²) in [5.74, 6) is -0.413. The smallest absolute Gasteiger partial charge is 0.352 e. The molecule has 0 radical (unpaired) electrons. The van der Waals surface area contributed by atoms with E-state index in [9.17, 15) is 18.0 Å². The summed E-state index contributed by atoms with van der Waals surface area (Å²) in [5, 5.41) is 5.73. The number of hydrogen-bond donors (Lipinski definition) is 2. The van der Waals surface area contributed by atoms with E-state index < -0.39 is 23.2 Å². The fourth-order valence-corrected chi connectivity index (χ4v) is 2.50. The van der Waals surface area contributed by atoms with Crippen LogP contribution in [0.2, 0.25) is 5.02 Å². The number of nitrogens with zero attached hydrogens (tertiary/aromatic N) is 1. The van der Waals surface area contributed by atoms with E-state index in [0.717, 1.165) is 25.1 Å². The van der Waals surface area contributed by atoms with Gasteiger partial charge in [-0.25, -0.2) is 4.98 Å². The second kappa shape index (κ2) is 6.92. The molecule has 1 aliphatic rings. The highest BCUT2D eigenvalue weighted by Gasteiger charge is 2.36. The largest absolute Gasteiger partial charge is 0.417 e. The molecule has 1 aromatic heterocycles. The maximum atomic E-state index is 13.3. The summed E-state index contributed by atoms with van der Waals surface area (Å²) in [5.41, 5.74) is -1.01. The highest BCUT2D eigenvalue weighted by atomic mass is 35.5. The third-order valence-electron chi connectivity index (χ3n) is 3.80. The summed E-state index contributed by atoms with van der Waals surface area (Å²) >= 11 is 5.85. The number of pyridine rings is 1. The van der Waals surface area contributed by atoms with Crippen LogP contribution in [0, 0.1) is 5.92 Å². The van der Waals surface area contributed by atoms with Crippen molar-refractivity contribution < 1.29 is 18.0 Å². The first-order valence-corrected chi connectivity index (χ1v) is 8.09. The van der Waals surface area contributed by atoms with Crippen molar-refractivity contribution in [3.63, 3.8) is 0 Å². The Hall–Kier alpha value is -2.28. The predicted octanol–water partition coefficient (Wildman–Crippen LogP) is 4.64. The number of amides is 1. The molecule has 3 rings (SSSR count). The number of anilines is 2. The molecule has 0 spiro atoms. The third-order valence-corrected chi connectivity index (χ3v) is 4.03. The molecule has 4 nitrogen and oxygen atoms in total. The van der Waals surface area contributed by atoms with Crippen molar-refractivity contribution in [2.24, 2.45) is 5.92 Å². The van der Waals surface area contributed by atoms with Crippen molar-refractivity contribution in [3.05, 3.63) is 52.7 Å². The molecule has 1 fully saturated rings. The molecule has 0 saturated heterocycles. The van der Waals surface area contributed by atoms with E-state index in [0.29, 0.717) is 23.2 Å². The lowest BCUT2D eigenvalue weighted by Gasteiger charge is -2.15. The molecule has 8 heteroatoms. The van der Waals surface area contributed by atoms with Gasteiger partial charge in [-0.1, -0.05) is 17.7 Å². The second-order valence-corrected chi connectivity index (χ2v) is 6.34. The van der Waals surface area contributed by atoms with Gasteiger partial charge in [0.25, 0.3) is 5.91 Å². The van der Waals surface area contributed by atoms with E-state index in [1.807, 2.05) is 0 Å². The van der Waals surface area contributed by atoms with Gasteiger partial charge in [0.2, 0.25) is 0 Å². The van der Waals surface area contributed by atoms with Crippen LogP contribution in [0.15, 0.2) is 36.5 Å². The van der Waals surface area contributed by atoms with E-state index >= 15 is 0 Å². The molecule has 1 saturated carbocycles. The molecule has 2 aromatic rings.